The Balaban J connectivity index is 2.29. The number of aromatic nitrogens is 1. The molecule has 2 rings (SSSR count). The van der Waals surface area contributed by atoms with Crippen LogP contribution in [0.15, 0.2) is 36.5 Å². The highest BCUT2D eigenvalue weighted by Gasteiger charge is 2.20. The second-order valence-corrected chi connectivity index (χ2v) is 4.35. The van der Waals surface area contributed by atoms with Crippen LogP contribution >= 0.6 is 0 Å². The Morgan fingerprint density at radius 1 is 1.24 bits per heavy atom. The SMILES string of the molecule is Cc1c(Oc2ccccc2)cnc(C(=O)CC(=O)O)c1O. The number of nitrogens with zero attached hydrogens (tertiary/aromatic N) is 1. The summed E-state index contributed by atoms with van der Waals surface area (Å²) in [6.07, 6.45) is 0.566. The average molecular weight is 287 g/mol. The Morgan fingerprint density at radius 2 is 1.90 bits per heavy atom. The summed E-state index contributed by atoms with van der Waals surface area (Å²) in [7, 11) is 0. The third-order valence-electron chi connectivity index (χ3n) is 2.81. The van der Waals surface area contributed by atoms with E-state index in [2.05, 4.69) is 4.98 Å². The lowest BCUT2D eigenvalue weighted by Crippen LogP contribution is -2.09. The van der Waals surface area contributed by atoms with Gasteiger partial charge in [-0.2, -0.15) is 0 Å². The number of ether oxygens (including phenoxy) is 1. The van der Waals surface area contributed by atoms with Gasteiger partial charge >= 0.3 is 5.97 Å². The number of benzene rings is 1. The maximum Gasteiger partial charge on any atom is 0.311 e. The number of hydrogen-bond acceptors (Lipinski definition) is 5. The maximum atomic E-state index is 11.7. The van der Waals surface area contributed by atoms with E-state index < -0.39 is 18.2 Å². The first-order valence-corrected chi connectivity index (χ1v) is 6.15. The van der Waals surface area contributed by atoms with E-state index in [1.54, 1.807) is 31.2 Å². The number of ketones is 1. The minimum atomic E-state index is -1.27. The zero-order valence-corrected chi connectivity index (χ0v) is 11.2. The van der Waals surface area contributed by atoms with Gasteiger partial charge in [-0.25, -0.2) is 4.98 Å². The third-order valence-corrected chi connectivity index (χ3v) is 2.81. The van der Waals surface area contributed by atoms with Crippen LogP contribution in [0, 0.1) is 6.92 Å². The van der Waals surface area contributed by atoms with Crippen LogP contribution in [0.25, 0.3) is 0 Å². The highest BCUT2D eigenvalue weighted by atomic mass is 16.5. The monoisotopic (exact) mass is 287 g/mol. The number of carboxylic acid groups (broad SMARTS) is 1. The minimum absolute atomic E-state index is 0.268. The zero-order valence-electron chi connectivity index (χ0n) is 11.2. The Kier molecular flexibility index (Phi) is 4.18. The van der Waals surface area contributed by atoms with Gasteiger partial charge in [0.1, 0.15) is 17.9 Å². The van der Waals surface area contributed by atoms with E-state index in [0.29, 0.717) is 17.1 Å². The first-order chi connectivity index (χ1) is 9.99. The number of rotatable bonds is 5. The molecular formula is C15H13NO5. The largest absolute Gasteiger partial charge is 0.505 e. The van der Waals surface area contributed by atoms with Gasteiger partial charge < -0.3 is 14.9 Å². The molecule has 0 radical (unpaired) electrons. The minimum Gasteiger partial charge on any atom is -0.505 e. The fourth-order valence-electron chi connectivity index (χ4n) is 1.72. The second-order valence-electron chi connectivity index (χ2n) is 4.35. The highest BCUT2D eigenvalue weighted by molar-refractivity contribution is 6.06. The first kappa shape index (κ1) is 14.5. The van der Waals surface area contributed by atoms with Gasteiger partial charge in [0.05, 0.1) is 6.20 Å². The molecule has 2 aromatic rings. The molecular weight excluding hydrogens is 274 g/mol. The van der Waals surface area contributed by atoms with E-state index >= 15 is 0 Å². The average Bonchev–Trinajstić information content (AvgIpc) is 2.44. The van der Waals surface area contributed by atoms with Gasteiger partial charge in [-0.1, -0.05) is 18.2 Å². The predicted molar refractivity (Wildman–Crippen MR) is 73.7 cm³/mol. The summed E-state index contributed by atoms with van der Waals surface area (Å²) in [4.78, 5) is 26.0. The van der Waals surface area contributed by atoms with Gasteiger partial charge in [0.25, 0.3) is 0 Å². The summed E-state index contributed by atoms with van der Waals surface area (Å²) in [6.45, 7) is 1.56. The van der Waals surface area contributed by atoms with Crippen LogP contribution in [-0.4, -0.2) is 26.9 Å². The topological polar surface area (TPSA) is 96.7 Å². The second kappa shape index (κ2) is 6.04. The number of Topliss-reactive ketones (excluding diaryl/α,β-unsaturated/α-hetero) is 1. The van der Waals surface area contributed by atoms with E-state index in [1.165, 1.54) is 6.20 Å². The van der Waals surface area contributed by atoms with E-state index in [1.807, 2.05) is 6.07 Å². The van der Waals surface area contributed by atoms with Crippen molar-refractivity contribution in [1.82, 2.24) is 4.98 Å². The van der Waals surface area contributed by atoms with E-state index in [4.69, 9.17) is 9.84 Å². The summed E-state index contributed by atoms with van der Waals surface area (Å²) >= 11 is 0. The van der Waals surface area contributed by atoms with E-state index in [-0.39, 0.29) is 11.4 Å². The molecule has 1 heterocycles. The Labute approximate surface area is 120 Å². The number of hydrogen-bond donors (Lipinski definition) is 2. The van der Waals surface area contributed by atoms with Crippen LogP contribution in [0.4, 0.5) is 0 Å². The molecule has 6 nitrogen and oxygen atoms in total. The maximum absolute atomic E-state index is 11.7. The van der Waals surface area contributed by atoms with Gasteiger partial charge in [0.2, 0.25) is 0 Å². The van der Waals surface area contributed by atoms with Crippen molar-refractivity contribution in [2.75, 3.05) is 0 Å². The lowest BCUT2D eigenvalue weighted by atomic mass is 10.1. The number of para-hydroxylation sites is 1. The van der Waals surface area contributed by atoms with Crippen LogP contribution in [0.2, 0.25) is 0 Å². The first-order valence-electron chi connectivity index (χ1n) is 6.15. The predicted octanol–water partition coefficient (Wildman–Crippen LogP) is 2.55. The Bertz CT molecular complexity index is 682. The van der Waals surface area contributed by atoms with Crippen LogP contribution in [-0.2, 0) is 4.79 Å². The molecule has 2 N–H and O–H groups in total. The van der Waals surface area contributed by atoms with Gasteiger partial charge in [-0.3, -0.25) is 9.59 Å². The Hall–Kier alpha value is -2.89. The number of pyridine rings is 1. The highest BCUT2D eigenvalue weighted by Crippen LogP contribution is 2.32. The standard InChI is InChI=1S/C15H13NO5/c1-9-12(21-10-5-3-2-4-6-10)8-16-14(15(9)20)11(17)7-13(18)19/h2-6,8,20H,7H2,1H3,(H,18,19). The molecule has 0 unspecified atom stereocenters. The van der Waals surface area contributed by atoms with Crippen LogP contribution in [0.5, 0.6) is 17.2 Å². The van der Waals surface area contributed by atoms with Gasteiger partial charge in [-0.15, -0.1) is 0 Å². The van der Waals surface area contributed by atoms with Gasteiger partial charge in [0, 0.05) is 5.56 Å². The van der Waals surface area contributed by atoms with Crippen LogP contribution in [0.3, 0.4) is 0 Å². The third kappa shape index (κ3) is 3.36. The molecule has 1 aromatic heterocycles. The molecule has 1 aromatic carbocycles. The molecule has 0 spiro atoms. The van der Waals surface area contributed by atoms with E-state index in [9.17, 15) is 14.7 Å². The number of carbonyl (C=O) groups excluding carboxylic acids is 1. The van der Waals surface area contributed by atoms with Crippen molar-refractivity contribution in [2.45, 2.75) is 13.3 Å². The summed E-state index contributed by atoms with van der Waals surface area (Å²) in [5.41, 5.74) is 0.0536. The molecule has 0 fully saturated rings. The smallest absolute Gasteiger partial charge is 0.311 e. The van der Waals surface area contributed by atoms with Gasteiger partial charge in [0.15, 0.2) is 17.3 Å². The normalized spacial score (nSPS) is 10.1. The molecule has 0 saturated heterocycles. The summed E-state index contributed by atoms with van der Waals surface area (Å²) in [6, 6.07) is 8.90. The number of aromatic hydroxyl groups is 1. The fourth-order valence-corrected chi connectivity index (χ4v) is 1.72. The lowest BCUT2D eigenvalue weighted by Gasteiger charge is -2.11. The molecule has 0 atom stereocenters. The molecule has 0 amide bonds. The summed E-state index contributed by atoms with van der Waals surface area (Å²) in [5.74, 6) is -1.54. The van der Waals surface area contributed by atoms with Crippen LogP contribution < -0.4 is 4.74 Å². The van der Waals surface area contributed by atoms with Crippen molar-refractivity contribution in [3.63, 3.8) is 0 Å². The Morgan fingerprint density at radius 3 is 2.52 bits per heavy atom. The summed E-state index contributed by atoms with van der Waals surface area (Å²) < 4.78 is 5.56. The fraction of sp³-hybridized carbons (Fsp3) is 0.133. The molecule has 6 heteroatoms. The van der Waals surface area contributed by atoms with Crippen molar-refractivity contribution in [3.8, 4) is 17.2 Å². The molecule has 0 aliphatic heterocycles. The molecule has 108 valence electrons. The number of carboxylic acids is 1. The number of carbonyl (C=O) groups is 2. The van der Waals surface area contributed by atoms with Crippen molar-refractivity contribution in [1.29, 1.82) is 0 Å². The lowest BCUT2D eigenvalue weighted by molar-refractivity contribution is -0.135. The summed E-state index contributed by atoms with van der Waals surface area (Å²) in [5, 5.41) is 18.6. The number of aliphatic carboxylic acids is 1. The molecule has 0 bridgehead atoms. The zero-order chi connectivity index (χ0) is 15.4. The quantitative estimate of drug-likeness (QED) is 0.648. The van der Waals surface area contributed by atoms with Crippen molar-refractivity contribution in [3.05, 3.63) is 47.8 Å². The van der Waals surface area contributed by atoms with Crippen molar-refractivity contribution in [2.24, 2.45) is 0 Å². The molecule has 0 aliphatic carbocycles. The molecule has 0 saturated carbocycles. The van der Waals surface area contributed by atoms with Crippen LogP contribution in [0.1, 0.15) is 22.5 Å². The van der Waals surface area contributed by atoms with Crippen molar-refractivity contribution < 1.29 is 24.5 Å². The van der Waals surface area contributed by atoms with Gasteiger partial charge in [-0.05, 0) is 19.1 Å². The molecule has 21 heavy (non-hydrogen) atoms. The van der Waals surface area contributed by atoms with Crippen molar-refractivity contribution >= 4 is 11.8 Å². The van der Waals surface area contributed by atoms with E-state index in [0.717, 1.165) is 0 Å². The molecule has 0 aliphatic rings.